The molecule has 1 heteroatoms. The van der Waals surface area contributed by atoms with Crippen molar-refractivity contribution in [3.63, 3.8) is 0 Å². The van der Waals surface area contributed by atoms with Crippen molar-refractivity contribution in [2.45, 2.75) is 13.8 Å². The van der Waals surface area contributed by atoms with Crippen LogP contribution in [-0.2, 0) is 0 Å². The summed E-state index contributed by atoms with van der Waals surface area (Å²) in [5.74, 6) is 0.297. The van der Waals surface area contributed by atoms with E-state index < -0.39 is 0 Å². The van der Waals surface area contributed by atoms with Gasteiger partial charge in [0.15, 0.2) is 0 Å². The number of rotatable bonds is 4. The second kappa shape index (κ2) is 5.30. The van der Waals surface area contributed by atoms with Crippen LogP contribution < -0.4 is 0 Å². The van der Waals surface area contributed by atoms with Crippen molar-refractivity contribution in [1.29, 1.82) is 0 Å². The molecule has 0 saturated heterocycles. The standard InChI is InChI=1S/C14H17N/c1-5-11(2)12(3)15-13(4)14-9-7-6-8-10-14/h5-11H,1,4H2,2-3H3. The average molecular weight is 199 g/mol. The normalized spacial score (nSPS) is 13.3. The quantitative estimate of drug-likeness (QED) is 0.514. The summed E-state index contributed by atoms with van der Waals surface area (Å²) in [6.07, 6.45) is 1.89. The van der Waals surface area contributed by atoms with Gasteiger partial charge in [-0.1, -0.05) is 49.9 Å². The molecule has 0 amide bonds. The van der Waals surface area contributed by atoms with Gasteiger partial charge in [0.2, 0.25) is 0 Å². The van der Waals surface area contributed by atoms with Crippen molar-refractivity contribution in [1.82, 2.24) is 0 Å². The van der Waals surface area contributed by atoms with Gasteiger partial charge in [-0.2, -0.15) is 0 Å². The SMILES string of the molecule is C=CC(C)C(C)=NC(=C)c1ccccc1. The van der Waals surface area contributed by atoms with Gasteiger partial charge in [0.1, 0.15) is 0 Å². The molecule has 0 bridgehead atoms. The highest BCUT2D eigenvalue weighted by molar-refractivity contribution is 5.90. The van der Waals surface area contributed by atoms with E-state index in [1.807, 2.05) is 43.3 Å². The Labute approximate surface area is 91.9 Å². The Morgan fingerprint density at radius 1 is 1.33 bits per heavy atom. The van der Waals surface area contributed by atoms with Crippen LogP contribution in [0, 0.1) is 5.92 Å². The molecular formula is C14H17N. The van der Waals surface area contributed by atoms with E-state index in [-0.39, 0.29) is 0 Å². The average Bonchev–Trinajstić information content (AvgIpc) is 2.29. The van der Waals surface area contributed by atoms with E-state index in [2.05, 4.69) is 25.1 Å². The first-order chi connectivity index (χ1) is 7.15. The molecule has 1 unspecified atom stereocenters. The van der Waals surface area contributed by atoms with E-state index >= 15 is 0 Å². The van der Waals surface area contributed by atoms with Crippen LogP contribution in [0.2, 0.25) is 0 Å². The summed E-state index contributed by atoms with van der Waals surface area (Å²) >= 11 is 0. The number of hydrogen-bond acceptors (Lipinski definition) is 1. The fraction of sp³-hybridized carbons (Fsp3) is 0.214. The summed E-state index contributed by atoms with van der Waals surface area (Å²) in [5, 5.41) is 0. The van der Waals surface area contributed by atoms with E-state index in [9.17, 15) is 0 Å². The Kier molecular flexibility index (Phi) is 4.04. The molecule has 0 N–H and O–H groups in total. The molecule has 0 radical (unpaired) electrons. The molecule has 1 atom stereocenters. The summed E-state index contributed by atoms with van der Waals surface area (Å²) in [4.78, 5) is 4.47. The molecule has 0 heterocycles. The van der Waals surface area contributed by atoms with E-state index in [0.717, 1.165) is 17.0 Å². The highest BCUT2D eigenvalue weighted by Crippen LogP contribution is 2.14. The first-order valence-electron chi connectivity index (χ1n) is 5.07. The predicted molar refractivity (Wildman–Crippen MR) is 67.9 cm³/mol. The molecule has 15 heavy (non-hydrogen) atoms. The van der Waals surface area contributed by atoms with Gasteiger partial charge < -0.3 is 0 Å². The molecule has 0 aliphatic carbocycles. The third kappa shape index (κ3) is 3.21. The van der Waals surface area contributed by atoms with Gasteiger partial charge in [-0.3, -0.25) is 4.99 Å². The minimum absolute atomic E-state index is 0.297. The predicted octanol–water partition coefficient (Wildman–Crippen LogP) is 3.94. The number of aliphatic imine (C=N–C) groups is 1. The summed E-state index contributed by atoms with van der Waals surface area (Å²) < 4.78 is 0. The third-order valence-corrected chi connectivity index (χ3v) is 2.43. The number of benzene rings is 1. The van der Waals surface area contributed by atoms with Crippen LogP contribution in [0.5, 0.6) is 0 Å². The zero-order valence-electron chi connectivity index (χ0n) is 9.40. The van der Waals surface area contributed by atoms with Gasteiger partial charge >= 0.3 is 0 Å². The van der Waals surface area contributed by atoms with Crippen LogP contribution in [0.3, 0.4) is 0 Å². The van der Waals surface area contributed by atoms with Crippen LogP contribution in [-0.4, -0.2) is 5.71 Å². The van der Waals surface area contributed by atoms with Gasteiger partial charge in [0.25, 0.3) is 0 Å². The smallest absolute Gasteiger partial charge is 0.0629 e. The van der Waals surface area contributed by atoms with Crippen molar-refractivity contribution >= 4 is 11.4 Å². The minimum atomic E-state index is 0.297. The first kappa shape index (κ1) is 11.4. The van der Waals surface area contributed by atoms with E-state index in [4.69, 9.17) is 0 Å². The lowest BCUT2D eigenvalue weighted by atomic mass is 10.1. The van der Waals surface area contributed by atoms with E-state index in [0.29, 0.717) is 5.92 Å². The third-order valence-electron chi connectivity index (χ3n) is 2.43. The van der Waals surface area contributed by atoms with E-state index in [1.165, 1.54) is 0 Å². The van der Waals surface area contributed by atoms with Gasteiger partial charge in [-0.15, -0.1) is 6.58 Å². The summed E-state index contributed by atoms with van der Waals surface area (Å²) in [6.45, 7) is 11.8. The second-order valence-electron chi connectivity index (χ2n) is 3.59. The van der Waals surface area contributed by atoms with Crippen molar-refractivity contribution < 1.29 is 0 Å². The van der Waals surface area contributed by atoms with Crippen molar-refractivity contribution in [2.24, 2.45) is 10.9 Å². The second-order valence-corrected chi connectivity index (χ2v) is 3.59. The minimum Gasteiger partial charge on any atom is -0.258 e. The molecule has 0 fully saturated rings. The number of allylic oxidation sites excluding steroid dienone is 1. The highest BCUT2D eigenvalue weighted by atomic mass is 14.8. The highest BCUT2D eigenvalue weighted by Gasteiger charge is 2.01. The lowest BCUT2D eigenvalue weighted by Crippen LogP contribution is -2.03. The van der Waals surface area contributed by atoms with Crippen LogP contribution in [0.4, 0.5) is 0 Å². The molecule has 0 saturated carbocycles. The zero-order chi connectivity index (χ0) is 11.3. The zero-order valence-corrected chi connectivity index (χ0v) is 9.40. The topological polar surface area (TPSA) is 12.4 Å². The van der Waals surface area contributed by atoms with E-state index in [1.54, 1.807) is 0 Å². The van der Waals surface area contributed by atoms with Crippen molar-refractivity contribution in [3.8, 4) is 0 Å². The summed E-state index contributed by atoms with van der Waals surface area (Å²) in [6, 6.07) is 9.99. The lowest BCUT2D eigenvalue weighted by Gasteiger charge is -2.06. The molecule has 1 aromatic rings. The number of nitrogens with zero attached hydrogens (tertiary/aromatic N) is 1. The summed E-state index contributed by atoms with van der Waals surface area (Å²) in [5.41, 5.74) is 2.91. The number of hydrogen-bond donors (Lipinski definition) is 0. The molecule has 1 nitrogen and oxygen atoms in total. The fourth-order valence-electron chi connectivity index (χ4n) is 1.18. The molecule has 1 aromatic carbocycles. The van der Waals surface area contributed by atoms with Crippen molar-refractivity contribution in [3.05, 3.63) is 55.1 Å². The monoisotopic (exact) mass is 199 g/mol. The Morgan fingerprint density at radius 2 is 1.93 bits per heavy atom. The Balaban J connectivity index is 2.84. The molecular weight excluding hydrogens is 182 g/mol. The van der Waals surface area contributed by atoms with Crippen molar-refractivity contribution in [2.75, 3.05) is 0 Å². The lowest BCUT2D eigenvalue weighted by molar-refractivity contribution is 0.993. The Morgan fingerprint density at radius 3 is 2.47 bits per heavy atom. The first-order valence-corrected chi connectivity index (χ1v) is 5.07. The molecule has 0 aromatic heterocycles. The van der Waals surface area contributed by atoms with Crippen LogP contribution in [0.15, 0.2) is 54.6 Å². The molecule has 0 aliphatic rings. The van der Waals surface area contributed by atoms with Gasteiger partial charge in [0.05, 0.1) is 5.70 Å². The Bertz CT molecular complexity index is 374. The van der Waals surface area contributed by atoms with Crippen LogP contribution in [0.1, 0.15) is 19.4 Å². The fourth-order valence-corrected chi connectivity index (χ4v) is 1.18. The Hall–Kier alpha value is -1.63. The molecule has 0 spiro atoms. The molecule has 78 valence electrons. The maximum absolute atomic E-state index is 4.47. The summed E-state index contributed by atoms with van der Waals surface area (Å²) in [7, 11) is 0. The van der Waals surface area contributed by atoms with Crippen LogP contribution in [0.25, 0.3) is 5.70 Å². The molecule has 0 aliphatic heterocycles. The largest absolute Gasteiger partial charge is 0.258 e. The molecule has 1 rings (SSSR count). The van der Waals surface area contributed by atoms with Gasteiger partial charge in [0, 0.05) is 11.6 Å². The van der Waals surface area contributed by atoms with Gasteiger partial charge in [-0.05, 0) is 12.5 Å². The maximum atomic E-state index is 4.47. The van der Waals surface area contributed by atoms with Crippen LogP contribution >= 0.6 is 0 Å². The maximum Gasteiger partial charge on any atom is 0.0629 e. The van der Waals surface area contributed by atoms with Gasteiger partial charge in [-0.25, -0.2) is 0 Å².